The summed E-state index contributed by atoms with van der Waals surface area (Å²) in [6, 6.07) is 7.63. The number of hydrogen-bond acceptors (Lipinski definition) is 2. The van der Waals surface area contributed by atoms with Crippen LogP contribution in [0.15, 0.2) is 24.3 Å². The molecule has 1 aromatic rings. The second-order valence-electron chi connectivity index (χ2n) is 5.04. The molecule has 0 heterocycles. The molecule has 0 atom stereocenters. The van der Waals surface area contributed by atoms with Crippen molar-refractivity contribution in [1.29, 1.82) is 0 Å². The molecular weight excluding hydrogens is 276 g/mol. The standard InChI is InChI=1S/C15H19ClN2O2/c16-10-11-3-1-4-12(9-11)15(20)17-8-2-5-14(19)18-13-6-7-13/h1,3-4,9,13H,2,5-8,10H2,(H,17,20)(H,18,19). The van der Waals surface area contributed by atoms with E-state index in [2.05, 4.69) is 10.6 Å². The summed E-state index contributed by atoms with van der Waals surface area (Å²) in [5.41, 5.74) is 1.52. The molecule has 0 bridgehead atoms. The highest BCUT2D eigenvalue weighted by molar-refractivity contribution is 6.17. The van der Waals surface area contributed by atoms with Gasteiger partial charge in [-0.05, 0) is 37.0 Å². The summed E-state index contributed by atoms with van der Waals surface area (Å²) >= 11 is 5.74. The average Bonchev–Trinajstić information content (AvgIpc) is 3.27. The predicted molar refractivity (Wildman–Crippen MR) is 78.7 cm³/mol. The maximum absolute atomic E-state index is 11.9. The molecule has 2 amide bonds. The maximum atomic E-state index is 11.9. The number of halogens is 1. The molecule has 1 aliphatic carbocycles. The van der Waals surface area contributed by atoms with Crippen LogP contribution in [0.4, 0.5) is 0 Å². The molecule has 20 heavy (non-hydrogen) atoms. The predicted octanol–water partition coefficient (Wildman–Crippen LogP) is 2.21. The third-order valence-corrected chi connectivity index (χ3v) is 3.46. The monoisotopic (exact) mass is 294 g/mol. The molecule has 1 aliphatic rings. The van der Waals surface area contributed by atoms with Gasteiger partial charge in [0, 0.05) is 30.5 Å². The van der Waals surface area contributed by atoms with Crippen LogP contribution in [0.1, 0.15) is 41.6 Å². The molecule has 0 unspecified atom stereocenters. The lowest BCUT2D eigenvalue weighted by atomic mass is 10.1. The highest BCUT2D eigenvalue weighted by Crippen LogP contribution is 2.18. The highest BCUT2D eigenvalue weighted by Gasteiger charge is 2.22. The van der Waals surface area contributed by atoms with Crippen LogP contribution in [0, 0.1) is 0 Å². The molecule has 2 rings (SSSR count). The Kier molecular flexibility index (Phi) is 5.41. The lowest BCUT2D eigenvalue weighted by Crippen LogP contribution is -2.28. The summed E-state index contributed by atoms with van der Waals surface area (Å²) < 4.78 is 0. The number of carbonyl (C=O) groups excluding carboxylic acids is 2. The van der Waals surface area contributed by atoms with Gasteiger partial charge in [-0.3, -0.25) is 9.59 Å². The Morgan fingerprint density at radius 3 is 2.80 bits per heavy atom. The lowest BCUT2D eigenvalue weighted by molar-refractivity contribution is -0.121. The van der Waals surface area contributed by atoms with E-state index in [1.54, 1.807) is 12.1 Å². The minimum atomic E-state index is -0.125. The first-order valence-electron chi connectivity index (χ1n) is 6.91. The number of rotatable bonds is 7. The van der Waals surface area contributed by atoms with Crippen molar-refractivity contribution in [1.82, 2.24) is 10.6 Å². The number of carbonyl (C=O) groups is 2. The van der Waals surface area contributed by atoms with Gasteiger partial charge >= 0.3 is 0 Å². The van der Waals surface area contributed by atoms with E-state index in [4.69, 9.17) is 11.6 Å². The zero-order valence-corrected chi connectivity index (χ0v) is 12.1. The Balaban J connectivity index is 1.67. The first-order valence-corrected chi connectivity index (χ1v) is 7.45. The third-order valence-electron chi connectivity index (χ3n) is 3.15. The van der Waals surface area contributed by atoms with Crippen LogP contribution in [0.25, 0.3) is 0 Å². The van der Waals surface area contributed by atoms with Gasteiger partial charge in [0.25, 0.3) is 5.91 Å². The van der Waals surface area contributed by atoms with Crippen molar-refractivity contribution >= 4 is 23.4 Å². The van der Waals surface area contributed by atoms with Crippen molar-refractivity contribution in [3.8, 4) is 0 Å². The van der Waals surface area contributed by atoms with E-state index in [9.17, 15) is 9.59 Å². The molecule has 1 saturated carbocycles. The molecule has 0 saturated heterocycles. The average molecular weight is 295 g/mol. The number of alkyl halides is 1. The number of benzene rings is 1. The number of nitrogens with one attached hydrogen (secondary N) is 2. The molecule has 4 nitrogen and oxygen atoms in total. The molecule has 1 fully saturated rings. The van der Waals surface area contributed by atoms with Crippen LogP contribution >= 0.6 is 11.6 Å². The van der Waals surface area contributed by atoms with E-state index in [0.29, 0.717) is 36.9 Å². The Hall–Kier alpha value is -1.55. The van der Waals surface area contributed by atoms with E-state index in [-0.39, 0.29) is 11.8 Å². The van der Waals surface area contributed by atoms with Gasteiger partial charge in [0.05, 0.1) is 0 Å². The van der Waals surface area contributed by atoms with Gasteiger partial charge in [0.1, 0.15) is 0 Å². The van der Waals surface area contributed by atoms with Gasteiger partial charge in [-0.25, -0.2) is 0 Å². The van der Waals surface area contributed by atoms with Crippen molar-refractivity contribution < 1.29 is 9.59 Å². The molecule has 0 radical (unpaired) electrons. The largest absolute Gasteiger partial charge is 0.353 e. The first-order chi connectivity index (χ1) is 9.69. The van der Waals surface area contributed by atoms with Crippen molar-refractivity contribution in [3.05, 3.63) is 35.4 Å². The van der Waals surface area contributed by atoms with Crippen molar-refractivity contribution in [3.63, 3.8) is 0 Å². The second kappa shape index (κ2) is 7.29. The van der Waals surface area contributed by atoms with Crippen LogP contribution in [-0.4, -0.2) is 24.4 Å². The van der Waals surface area contributed by atoms with Crippen LogP contribution in [0.5, 0.6) is 0 Å². The molecule has 0 aromatic heterocycles. The van der Waals surface area contributed by atoms with Crippen LogP contribution in [0.3, 0.4) is 0 Å². The van der Waals surface area contributed by atoms with Crippen molar-refractivity contribution in [2.45, 2.75) is 37.6 Å². The van der Waals surface area contributed by atoms with Crippen LogP contribution in [0.2, 0.25) is 0 Å². The van der Waals surface area contributed by atoms with Gasteiger partial charge < -0.3 is 10.6 Å². The number of amides is 2. The van der Waals surface area contributed by atoms with Gasteiger partial charge in [0.15, 0.2) is 0 Å². The quantitative estimate of drug-likeness (QED) is 0.598. The summed E-state index contributed by atoms with van der Waals surface area (Å²) in [7, 11) is 0. The molecule has 0 aliphatic heterocycles. The SMILES string of the molecule is O=C(CCCNC(=O)c1cccc(CCl)c1)NC1CC1. The van der Waals surface area contributed by atoms with E-state index in [1.165, 1.54) is 0 Å². The van der Waals surface area contributed by atoms with E-state index >= 15 is 0 Å². The van der Waals surface area contributed by atoms with E-state index in [0.717, 1.165) is 18.4 Å². The molecule has 0 spiro atoms. The first kappa shape index (κ1) is 14.9. The fourth-order valence-corrected chi connectivity index (χ4v) is 2.04. The smallest absolute Gasteiger partial charge is 0.251 e. The fraction of sp³-hybridized carbons (Fsp3) is 0.467. The Labute approximate surface area is 123 Å². The molecule has 1 aromatic carbocycles. The molecular formula is C15H19ClN2O2. The highest BCUT2D eigenvalue weighted by atomic mass is 35.5. The summed E-state index contributed by atoms with van der Waals surface area (Å²) in [6.07, 6.45) is 3.30. The minimum Gasteiger partial charge on any atom is -0.353 e. The maximum Gasteiger partial charge on any atom is 0.251 e. The Morgan fingerprint density at radius 1 is 1.30 bits per heavy atom. The van der Waals surface area contributed by atoms with Crippen molar-refractivity contribution in [2.75, 3.05) is 6.54 Å². The molecule has 108 valence electrons. The Bertz CT molecular complexity index is 487. The molecule has 2 N–H and O–H groups in total. The topological polar surface area (TPSA) is 58.2 Å². The van der Waals surface area contributed by atoms with Crippen LogP contribution in [-0.2, 0) is 10.7 Å². The normalized spacial score (nSPS) is 13.8. The van der Waals surface area contributed by atoms with Crippen LogP contribution < -0.4 is 10.6 Å². The van der Waals surface area contributed by atoms with Gasteiger partial charge in [0.2, 0.25) is 5.91 Å². The van der Waals surface area contributed by atoms with Gasteiger partial charge in [-0.2, -0.15) is 0 Å². The number of hydrogen-bond donors (Lipinski definition) is 2. The molecule has 5 heteroatoms. The zero-order valence-electron chi connectivity index (χ0n) is 11.3. The summed E-state index contributed by atoms with van der Waals surface area (Å²) in [6.45, 7) is 0.502. The Morgan fingerprint density at radius 2 is 2.10 bits per heavy atom. The van der Waals surface area contributed by atoms with E-state index in [1.807, 2.05) is 12.1 Å². The third kappa shape index (κ3) is 4.85. The zero-order chi connectivity index (χ0) is 14.4. The van der Waals surface area contributed by atoms with Gasteiger partial charge in [-0.1, -0.05) is 12.1 Å². The van der Waals surface area contributed by atoms with Crippen molar-refractivity contribution in [2.24, 2.45) is 0 Å². The summed E-state index contributed by atoms with van der Waals surface area (Å²) in [5.74, 6) is 0.341. The minimum absolute atomic E-state index is 0.0749. The van der Waals surface area contributed by atoms with E-state index < -0.39 is 0 Å². The van der Waals surface area contributed by atoms with Gasteiger partial charge in [-0.15, -0.1) is 11.6 Å². The summed E-state index contributed by atoms with van der Waals surface area (Å²) in [4.78, 5) is 23.3. The lowest BCUT2D eigenvalue weighted by Gasteiger charge is -2.06. The summed E-state index contributed by atoms with van der Waals surface area (Å²) in [5, 5.41) is 5.73. The second-order valence-corrected chi connectivity index (χ2v) is 5.30. The fourth-order valence-electron chi connectivity index (χ4n) is 1.88.